The summed E-state index contributed by atoms with van der Waals surface area (Å²) in [5.41, 5.74) is 1.50. The predicted octanol–water partition coefficient (Wildman–Crippen LogP) is 3.35. The number of thiazole rings is 1. The molecule has 0 aliphatic carbocycles. The predicted molar refractivity (Wildman–Crippen MR) is 102 cm³/mol. The fourth-order valence-corrected chi connectivity index (χ4v) is 3.29. The molecular formula is C17H16N4O3S2. The van der Waals surface area contributed by atoms with Crippen molar-refractivity contribution in [3.05, 3.63) is 41.9 Å². The van der Waals surface area contributed by atoms with Gasteiger partial charge in [-0.2, -0.15) is 0 Å². The number of methoxy groups -OCH3 is 2. The van der Waals surface area contributed by atoms with E-state index in [-0.39, 0.29) is 11.7 Å². The number of carbonyl (C=O) groups excluding carboxylic acids is 1. The van der Waals surface area contributed by atoms with Crippen molar-refractivity contribution in [2.24, 2.45) is 0 Å². The second-order valence-corrected chi connectivity index (χ2v) is 6.89. The second kappa shape index (κ2) is 8.63. The fraction of sp³-hybridized carbons (Fsp3) is 0.176. The van der Waals surface area contributed by atoms with Crippen LogP contribution in [0.15, 0.2) is 46.9 Å². The molecule has 7 nitrogen and oxygen atoms in total. The maximum Gasteiger partial charge on any atom is 0.236 e. The van der Waals surface area contributed by atoms with Crippen LogP contribution in [0.5, 0.6) is 11.5 Å². The van der Waals surface area contributed by atoms with E-state index in [4.69, 9.17) is 9.47 Å². The number of nitrogens with one attached hydrogen (secondary N) is 1. The quantitative estimate of drug-likeness (QED) is 0.621. The van der Waals surface area contributed by atoms with E-state index in [0.29, 0.717) is 27.4 Å². The standard InChI is InChI=1S/C17H16N4O3S2/c1-23-11-3-4-12(14(9-11)24-2)13-5-6-16(21-20-13)26-10-15(22)19-17-18-7-8-25-17/h3-9H,10H2,1-2H3,(H,18,19,22). The zero-order valence-corrected chi connectivity index (χ0v) is 15.8. The zero-order valence-electron chi connectivity index (χ0n) is 14.1. The van der Waals surface area contributed by atoms with Crippen LogP contribution in [0, 0.1) is 0 Å². The molecule has 3 rings (SSSR count). The number of thioether (sulfide) groups is 1. The Balaban J connectivity index is 1.64. The summed E-state index contributed by atoms with van der Waals surface area (Å²) in [6.45, 7) is 0. The van der Waals surface area contributed by atoms with E-state index in [1.165, 1.54) is 23.1 Å². The highest BCUT2D eigenvalue weighted by Crippen LogP contribution is 2.32. The summed E-state index contributed by atoms with van der Waals surface area (Å²) in [7, 11) is 3.20. The number of hydrogen-bond acceptors (Lipinski definition) is 8. The molecule has 1 amide bonds. The number of amides is 1. The third-order valence-corrected chi connectivity index (χ3v) is 4.96. The van der Waals surface area contributed by atoms with Gasteiger partial charge < -0.3 is 14.8 Å². The highest BCUT2D eigenvalue weighted by Gasteiger charge is 2.11. The van der Waals surface area contributed by atoms with Crippen LogP contribution >= 0.6 is 23.1 Å². The van der Waals surface area contributed by atoms with Gasteiger partial charge in [0.2, 0.25) is 5.91 Å². The van der Waals surface area contributed by atoms with E-state index < -0.39 is 0 Å². The number of nitrogens with zero attached hydrogens (tertiary/aromatic N) is 3. The molecule has 2 heterocycles. The van der Waals surface area contributed by atoms with E-state index in [0.717, 1.165) is 5.56 Å². The molecule has 0 radical (unpaired) electrons. The van der Waals surface area contributed by atoms with Crippen molar-refractivity contribution in [1.29, 1.82) is 0 Å². The van der Waals surface area contributed by atoms with Crippen molar-refractivity contribution in [2.75, 3.05) is 25.3 Å². The van der Waals surface area contributed by atoms with Gasteiger partial charge in [0, 0.05) is 23.2 Å². The normalized spacial score (nSPS) is 10.4. The van der Waals surface area contributed by atoms with E-state index in [9.17, 15) is 4.79 Å². The van der Waals surface area contributed by atoms with Crippen molar-refractivity contribution in [1.82, 2.24) is 15.2 Å². The number of ether oxygens (including phenoxy) is 2. The summed E-state index contributed by atoms with van der Waals surface area (Å²) < 4.78 is 10.6. The lowest BCUT2D eigenvalue weighted by Gasteiger charge is -2.09. The Labute approximate surface area is 158 Å². The van der Waals surface area contributed by atoms with Crippen molar-refractivity contribution >= 4 is 34.1 Å². The Morgan fingerprint density at radius 3 is 2.73 bits per heavy atom. The van der Waals surface area contributed by atoms with Crippen LogP contribution in [0.1, 0.15) is 0 Å². The van der Waals surface area contributed by atoms with Gasteiger partial charge in [-0.1, -0.05) is 11.8 Å². The average Bonchev–Trinajstić information content (AvgIpc) is 3.19. The van der Waals surface area contributed by atoms with E-state index in [2.05, 4.69) is 20.5 Å². The zero-order chi connectivity index (χ0) is 18.4. The number of anilines is 1. The smallest absolute Gasteiger partial charge is 0.236 e. The lowest BCUT2D eigenvalue weighted by Crippen LogP contribution is -2.13. The van der Waals surface area contributed by atoms with Gasteiger partial charge in [0.1, 0.15) is 16.5 Å². The summed E-state index contributed by atoms with van der Waals surface area (Å²) in [6.07, 6.45) is 1.64. The average molecular weight is 388 g/mol. The number of aromatic nitrogens is 3. The van der Waals surface area contributed by atoms with Gasteiger partial charge in [-0.05, 0) is 24.3 Å². The molecule has 0 fully saturated rings. The molecule has 3 aromatic rings. The Bertz CT molecular complexity index is 870. The van der Waals surface area contributed by atoms with Gasteiger partial charge in [0.05, 0.1) is 25.7 Å². The molecule has 0 saturated heterocycles. The summed E-state index contributed by atoms with van der Waals surface area (Å²) in [4.78, 5) is 15.9. The minimum absolute atomic E-state index is 0.132. The maximum atomic E-state index is 11.9. The van der Waals surface area contributed by atoms with Gasteiger partial charge >= 0.3 is 0 Å². The molecule has 0 saturated carbocycles. The molecule has 0 bridgehead atoms. The summed E-state index contributed by atoms with van der Waals surface area (Å²) >= 11 is 2.69. The Morgan fingerprint density at radius 1 is 1.19 bits per heavy atom. The van der Waals surface area contributed by atoms with Crippen molar-refractivity contribution in [3.8, 4) is 22.8 Å². The van der Waals surface area contributed by atoms with Crippen LogP contribution in [0.25, 0.3) is 11.3 Å². The molecule has 0 spiro atoms. The summed E-state index contributed by atoms with van der Waals surface area (Å²) in [6, 6.07) is 9.18. The first-order valence-electron chi connectivity index (χ1n) is 7.58. The van der Waals surface area contributed by atoms with Gasteiger partial charge in [0.25, 0.3) is 0 Å². The Kier molecular flexibility index (Phi) is 6.03. The first kappa shape index (κ1) is 18.2. The lowest BCUT2D eigenvalue weighted by molar-refractivity contribution is -0.113. The number of carbonyl (C=O) groups is 1. The maximum absolute atomic E-state index is 11.9. The SMILES string of the molecule is COc1ccc(-c2ccc(SCC(=O)Nc3nccs3)nn2)c(OC)c1. The molecule has 2 aromatic heterocycles. The molecule has 0 atom stereocenters. The second-order valence-electron chi connectivity index (χ2n) is 5.00. The van der Waals surface area contributed by atoms with Crippen LogP contribution in [0.3, 0.4) is 0 Å². The highest BCUT2D eigenvalue weighted by molar-refractivity contribution is 7.99. The highest BCUT2D eigenvalue weighted by atomic mass is 32.2. The van der Waals surface area contributed by atoms with Crippen LogP contribution in [0.4, 0.5) is 5.13 Å². The van der Waals surface area contributed by atoms with Crippen molar-refractivity contribution in [3.63, 3.8) is 0 Å². The Morgan fingerprint density at radius 2 is 2.08 bits per heavy atom. The van der Waals surface area contributed by atoms with Crippen molar-refractivity contribution in [2.45, 2.75) is 5.03 Å². The lowest BCUT2D eigenvalue weighted by atomic mass is 10.1. The number of hydrogen-bond donors (Lipinski definition) is 1. The first-order chi connectivity index (χ1) is 12.7. The summed E-state index contributed by atoms with van der Waals surface area (Å²) in [5, 5.41) is 14.2. The molecule has 1 aromatic carbocycles. The molecule has 134 valence electrons. The largest absolute Gasteiger partial charge is 0.497 e. The van der Waals surface area contributed by atoms with Crippen LogP contribution in [0.2, 0.25) is 0 Å². The molecule has 0 aliphatic rings. The molecule has 1 N–H and O–H groups in total. The number of rotatable bonds is 7. The fourth-order valence-electron chi connectivity index (χ4n) is 2.13. The van der Waals surface area contributed by atoms with E-state index in [1.54, 1.807) is 31.9 Å². The third-order valence-electron chi connectivity index (χ3n) is 3.35. The molecular weight excluding hydrogens is 372 g/mol. The van der Waals surface area contributed by atoms with Gasteiger partial charge in [-0.3, -0.25) is 4.79 Å². The summed E-state index contributed by atoms with van der Waals surface area (Å²) in [5.74, 6) is 1.46. The molecule has 0 aliphatic heterocycles. The Hall–Kier alpha value is -2.65. The molecule has 9 heteroatoms. The van der Waals surface area contributed by atoms with E-state index >= 15 is 0 Å². The monoisotopic (exact) mass is 388 g/mol. The molecule has 26 heavy (non-hydrogen) atoms. The topological polar surface area (TPSA) is 86.2 Å². The van der Waals surface area contributed by atoms with Crippen molar-refractivity contribution < 1.29 is 14.3 Å². The van der Waals surface area contributed by atoms with Crippen LogP contribution in [-0.4, -0.2) is 41.1 Å². The van der Waals surface area contributed by atoms with Crippen LogP contribution in [-0.2, 0) is 4.79 Å². The van der Waals surface area contributed by atoms with Gasteiger partial charge in [-0.25, -0.2) is 4.98 Å². The minimum atomic E-state index is -0.132. The van der Waals surface area contributed by atoms with Crippen LogP contribution < -0.4 is 14.8 Å². The molecule has 0 unspecified atom stereocenters. The third kappa shape index (κ3) is 4.50. The first-order valence-corrected chi connectivity index (χ1v) is 9.44. The minimum Gasteiger partial charge on any atom is -0.497 e. The van der Waals surface area contributed by atoms with Gasteiger partial charge in [-0.15, -0.1) is 21.5 Å². The number of benzene rings is 1. The van der Waals surface area contributed by atoms with Gasteiger partial charge in [0.15, 0.2) is 5.13 Å². The van der Waals surface area contributed by atoms with E-state index in [1.807, 2.05) is 24.3 Å².